The molecule has 6 nitrogen and oxygen atoms in total. The summed E-state index contributed by atoms with van der Waals surface area (Å²) in [7, 11) is 1.76. The Bertz CT molecular complexity index is 993. The number of aryl methyl sites for hydroxylation is 1. The number of nitrogens with zero attached hydrogens (tertiary/aromatic N) is 3. The van der Waals surface area contributed by atoms with E-state index in [1.165, 1.54) is 12.1 Å². The fourth-order valence-corrected chi connectivity index (χ4v) is 2.86. The first-order valence-electron chi connectivity index (χ1n) is 7.93. The molecule has 1 aliphatic heterocycles. The van der Waals surface area contributed by atoms with Gasteiger partial charge in [0.05, 0.1) is 22.5 Å². The number of rotatable bonds is 4. The third-order valence-corrected chi connectivity index (χ3v) is 4.27. The number of carbonyl (C=O) groups is 2. The Morgan fingerprint density at radius 2 is 1.73 bits per heavy atom. The third-order valence-electron chi connectivity index (χ3n) is 4.27. The van der Waals surface area contributed by atoms with E-state index >= 15 is 0 Å². The zero-order chi connectivity index (χ0) is 18.3. The maximum Gasteiger partial charge on any atom is 0.266 e. The highest BCUT2D eigenvalue weighted by molar-refractivity contribution is 6.34. The highest BCUT2D eigenvalue weighted by Crippen LogP contribution is 2.31. The molecule has 0 bridgehead atoms. The molecule has 3 aromatic rings. The summed E-state index contributed by atoms with van der Waals surface area (Å²) in [5.74, 6) is -1.55. The lowest BCUT2D eigenvalue weighted by Gasteiger charge is -2.15. The molecule has 1 aliphatic rings. The second-order valence-corrected chi connectivity index (χ2v) is 5.84. The number of imide groups is 1. The summed E-state index contributed by atoms with van der Waals surface area (Å²) in [5, 5.41) is 4.02. The molecule has 0 aliphatic carbocycles. The van der Waals surface area contributed by atoms with Crippen molar-refractivity contribution >= 4 is 17.5 Å². The number of aromatic nitrogens is 2. The predicted molar refractivity (Wildman–Crippen MR) is 91.5 cm³/mol. The topological polar surface area (TPSA) is 64.4 Å². The van der Waals surface area contributed by atoms with Crippen molar-refractivity contribution in [2.24, 2.45) is 7.05 Å². The molecule has 0 fully saturated rings. The SMILES string of the molecule is Cn1nccc1COc1ccc(N2C(=O)c3ccccc3C2=O)cc1F. The normalized spacial score (nSPS) is 13.2. The highest BCUT2D eigenvalue weighted by Gasteiger charge is 2.36. The summed E-state index contributed by atoms with van der Waals surface area (Å²) in [6.45, 7) is 0.153. The highest BCUT2D eigenvalue weighted by atomic mass is 19.1. The van der Waals surface area contributed by atoms with Gasteiger partial charge in [-0.3, -0.25) is 14.3 Å². The standard InChI is InChI=1S/C19H14FN3O3/c1-22-13(8-9-21-22)11-26-17-7-6-12(10-16(17)20)23-18(24)14-4-2-3-5-15(14)19(23)25/h2-10H,11H2,1H3. The van der Waals surface area contributed by atoms with E-state index in [9.17, 15) is 14.0 Å². The summed E-state index contributed by atoms with van der Waals surface area (Å²) in [6, 6.07) is 12.3. The van der Waals surface area contributed by atoms with Crippen molar-refractivity contribution in [1.82, 2.24) is 9.78 Å². The van der Waals surface area contributed by atoms with E-state index in [2.05, 4.69) is 5.10 Å². The minimum atomic E-state index is -0.652. The average molecular weight is 351 g/mol. The van der Waals surface area contributed by atoms with E-state index in [1.54, 1.807) is 48.3 Å². The van der Waals surface area contributed by atoms with Crippen molar-refractivity contribution in [3.8, 4) is 5.75 Å². The first-order valence-corrected chi connectivity index (χ1v) is 7.93. The lowest BCUT2D eigenvalue weighted by Crippen LogP contribution is -2.29. The summed E-state index contributed by atoms with van der Waals surface area (Å²) in [5.41, 5.74) is 1.58. The van der Waals surface area contributed by atoms with E-state index in [-0.39, 0.29) is 18.0 Å². The Kier molecular flexibility index (Phi) is 3.76. The Hall–Kier alpha value is -3.48. The molecule has 7 heteroatoms. The number of ether oxygens (including phenoxy) is 1. The quantitative estimate of drug-likeness (QED) is 0.678. The van der Waals surface area contributed by atoms with Crippen LogP contribution < -0.4 is 9.64 Å². The van der Waals surface area contributed by atoms with Crippen LogP contribution in [-0.4, -0.2) is 21.6 Å². The number of benzene rings is 2. The number of amides is 2. The van der Waals surface area contributed by atoms with Gasteiger partial charge in [-0.25, -0.2) is 9.29 Å². The zero-order valence-corrected chi connectivity index (χ0v) is 13.8. The monoisotopic (exact) mass is 351 g/mol. The first-order chi connectivity index (χ1) is 12.6. The van der Waals surface area contributed by atoms with Crippen molar-refractivity contribution in [1.29, 1.82) is 0 Å². The van der Waals surface area contributed by atoms with Gasteiger partial charge in [0.2, 0.25) is 0 Å². The number of anilines is 1. The second-order valence-electron chi connectivity index (χ2n) is 5.84. The van der Waals surface area contributed by atoms with Gasteiger partial charge in [0.15, 0.2) is 11.6 Å². The molecule has 130 valence electrons. The van der Waals surface area contributed by atoms with Crippen LogP contribution in [0.2, 0.25) is 0 Å². The predicted octanol–water partition coefficient (Wildman–Crippen LogP) is 2.94. The maximum absolute atomic E-state index is 14.4. The molecule has 0 saturated carbocycles. The molecule has 0 radical (unpaired) electrons. The van der Waals surface area contributed by atoms with Crippen molar-refractivity contribution in [2.75, 3.05) is 4.90 Å². The molecule has 0 saturated heterocycles. The van der Waals surface area contributed by atoms with Crippen LogP contribution in [0.1, 0.15) is 26.4 Å². The van der Waals surface area contributed by atoms with Crippen molar-refractivity contribution in [3.05, 3.63) is 77.4 Å². The number of halogens is 1. The Labute approximate surface area is 148 Å². The van der Waals surface area contributed by atoms with Crippen LogP contribution in [0, 0.1) is 5.82 Å². The minimum absolute atomic E-state index is 0.0339. The van der Waals surface area contributed by atoms with Crippen LogP contribution in [0.5, 0.6) is 5.75 Å². The van der Waals surface area contributed by atoms with Crippen LogP contribution in [0.15, 0.2) is 54.7 Å². The molecule has 0 atom stereocenters. The minimum Gasteiger partial charge on any atom is -0.484 e. The molecule has 2 heterocycles. The fraction of sp³-hybridized carbons (Fsp3) is 0.105. The Morgan fingerprint density at radius 1 is 1.04 bits per heavy atom. The van der Waals surface area contributed by atoms with Crippen LogP contribution in [0.25, 0.3) is 0 Å². The Balaban J connectivity index is 1.58. The molecule has 0 spiro atoms. The van der Waals surface area contributed by atoms with E-state index in [0.717, 1.165) is 16.7 Å². The molecule has 4 rings (SSSR count). The van der Waals surface area contributed by atoms with Gasteiger partial charge in [-0.05, 0) is 30.3 Å². The van der Waals surface area contributed by atoms with E-state index < -0.39 is 17.6 Å². The van der Waals surface area contributed by atoms with Crippen LogP contribution >= 0.6 is 0 Å². The smallest absolute Gasteiger partial charge is 0.266 e. The third kappa shape index (κ3) is 2.54. The van der Waals surface area contributed by atoms with Gasteiger partial charge in [0.25, 0.3) is 11.8 Å². The largest absolute Gasteiger partial charge is 0.484 e. The second kappa shape index (κ2) is 6.11. The van der Waals surface area contributed by atoms with Crippen LogP contribution in [0.4, 0.5) is 10.1 Å². The van der Waals surface area contributed by atoms with E-state index in [0.29, 0.717) is 11.1 Å². The van der Waals surface area contributed by atoms with E-state index in [1.807, 2.05) is 0 Å². The van der Waals surface area contributed by atoms with Crippen molar-refractivity contribution in [2.45, 2.75) is 6.61 Å². The maximum atomic E-state index is 14.4. The lowest BCUT2D eigenvalue weighted by atomic mass is 10.1. The van der Waals surface area contributed by atoms with Crippen LogP contribution in [0.3, 0.4) is 0 Å². The van der Waals surface area contributed by atoms with Gasteiger partial charge < -0.3 is 4.74 Å². The summed E-state index contributed by atoms with van der Waals surface area (Å²) in [6.07, 6.45) is 1.63. The molecular weight excluding hydrogens is 337 g/mol. The van der Waals surface area contributed by atoms with Crippen LogP contribution in [-0.2, 0) is 13.7 Å². The Morgan fingerprint density at radius 3 is 2.31 bits per heavy atom. The van der Waals surface area contributed by atoms with Gasteiger partial charge in [0, 0.05) is 19.3 Å². The summed E-state index contributed by atoms with van der Waals surface area (Å²) in [4.78, 5) is 25.9. The first kappa shape index (κ1) is 16.0. The zero-order valence-electron chi connectivity index (χ0n) is 13.8. The number of hydrogen-bond acceptors (Lipinski definition) is 4. The molecule has 2 amide bonds. The molecule has 2 aromatic carbocycles. The van der Waals surface area contributed by atoms with Crippen molar-refractivity contribution in [3.63, 3.8) is 0 Å². The summed E-state index contributed by atoms with van der Waals surface area (Å²) >= 11 is 0. The molecule has 26 heavy (non-hydrogen) atoms. The molecule has 0 unspecified atom stereocenters. The number of hydrogen-bond donors (Lipinski definition) is 0. The van der Waals surface area contributed by atoms with Gasteiger partial charge in [0.1, 0.15) is 6.61 Å². The van der Waals surface area contributed by atoms with Gasteiger partial charge in [-0.15, -0.1) is 0 Å². The molecule has 1 aromatic heterocycles. The fourth-order valence-electron chi connectivity index (χ4n) is 2.86. The molecule has 0 N–H and O–H groups in total. The summed E-state index contributed by atoms with van der Waals surface area (Å²) < 4.78 is 21.5. The van der Waals surface area contributed by atoms with Gasteiger partial charge in [-0.1, -0.05) is 12.1 Å². The van der Waals surface area contributed by atoms with Gasteiger partial charge >= 0.3 is 0 Å². The van der Waals surface area contributed by atoms with Crippen molar-refractivity contribution < 1.29 is 18.7 Å². The number of carbonyl (C=O) groups excluding carboxylic acids is 2. The number of fused-ring (bicyclic) bond motifs is 1. The van der Waals surface area contributed by atoms with Gasteiger partial charge in [-0.2, -0.15) is 5.10 Å². The van der Waals surface area contributed by atoms with E-state index in [4.69, 9.17) is 4.74 Å². The average Bonchev–Trinajstić information content (AvgIpc) is 3.16. The lowest BCUT2D eigenvalue weighted by molar-refractivity contribution is 0.0926. The molecular formula is C19H14FN3O3.